The summed E-state index contributed by atoms with van der Waals surface area (Å²) in [6.45, 7) is 1.40. The largest absolute Gasteiger partial charge is 0.507 e. The van der Waals surface area contributed by atoms with Gasteiger partial charge in [-0.25, -0.2) is 4.79 Å². The highest BCUT2D eigenvalue weighted by Crippen LogP contribution is 2.35. The van der Waals surface area contributed by atoms with Crippen molar-refractivity contribution in [2.24, 2.45) is 0 Å². The zero-order valence-corrected chi connectivity index (χ0v) is 15.0. The van der Waals surface area contributed by atoms with Crippen LogP contribution in [0.25, 0.3) is 10.8 Å². The summed E-state index contributed by atoms with van der Waals surface area (Å²) < 4.78 is 5.13. The van der Waals surface area contributed by atoms with Crippen LogP contribution in [0.15, 0.2) is 54.6 Å². The molecule has 0 heterocycles. The van der Waals surface area contributed by atoms with Crippen molar-refractivity contribution in [1.29, 1.82) is 0 Å². The van der Waals surface area contributed by atoms with Gasteiger partial charge in [-0.2, -0.15) is 0 Å². The molecule has 3 rings (SSSR count). The number of phenols is 2. The molecule has 0 saturated carbocycles. The number of halogens is 1. The maximum absolute atomic E-state index is 12.4. The summed E-state index contributed by atoms with van der Waals surface area (Å²) in [6, 6.07) is 14.1. The molecule has 1 atom stereocenters. The van der Waals surface area contributed by atoms with Crippen molar-refractivity contribution in [3.63, 3.8) is 0 Å². The highest BCUT2D eigenvalue weighted by Gasteiger charge is 2.23. The molecule has 0 bridgehead atoms. The fourth-order valence-corrected chi connectivity index (χ4v) is 2.68. The van der Waals surface area contributed by atoms with Gasteiger partial charge in [-0.05, 0) is 37.3 Å². The van der Waals surface area contributed by atoms with E-state index in [0.717, 1.165) is 6.07 Å². The first-order valence-electron chi connectivity index (χ1n) is 8.08. The van der Waals surface area contributed by atoms with Gasteiger partial charge in [-0.1, -0.05) is 35.9 Å². The number of carbonyl (C=O) groups is 2. The number of ether oxygens (including phenoxy) is 1. The summed E-state index contributed by atoms with van der Waals surface area (Å²) >= 11 is 5.79. The number of amides is 1. The maximum Gasteiger partial charge on any atom is 0.342 e. The van der Waals surface area contributed by atoms with Crippen LogP contribution in [0.4, 0.5) is 5.69 Å². The zero-order chi connectivity index (χ0) is 19.6. The number of hydrogen-bond acceptors (Lipinski definition) is 5. The number of esters is 1. The van der Waals surface area contributed by atoms with Crippen LogP contribution in [0.1, 0.15) is 17.3 Å². The van der Waals surface area contributed by atoms with Gasteiger partial charge in [0.15, 0.2) is 6.10 Å². The SMILES string of the molecule is C[C@H](OC(=O)c1cc(O)c2ccccc2c1O)C(=O)Nc1ccc(Cl)cc1. The molecule has 0 aliphatic rings. The summed E-state index contributed by atoms with van der Waals surface area (Å²) in [6.07, 6.45) is -1.12. The summed E-state index contributed by atoms with van der Waals surface area (Å²) in [4.78, 5) is 24.6. The number of anilines is 1. The summed E-state index contributed by atoms with van der Waals surface area (Å²) in [7, 11) is 0. The molecule has 0 aromatic heterocycles. The van der Waals surface area contributed by atoms with Crippen LogP contribution in [0.5, 0.6) is 11.5 Å². The number of aromatic hydroxyl groups is 2. The molecule has 3 aromatic carbocycles. The molecule has 7 heteroatoms. The standard InChI is InChI=1S/C20H16ClNO5/c1-11(19(25)22-13-8-6-12(21)7-9-13)27-20(26)16-10-17(23)14-4-2-3-5-15(14)18(16)24/h2-11,23-24H,1H3,(H,22,25)/t11-/m0/s1. The van der Waals surface area contributed by atoms with Crippen molar-refractivity contribution < 1.29 is 24.5 Å². The third kappa shape index (κ3) is 3.96. The van der Waals surface area contributed by atoms with Crippen LogP contribution >= 0.6 is 11.6 Å². The second-order valence-corrected chi connectivity index (χ2v) is 6.32. The molecule has 0 saturated heterocycles. The predicted molar refractivity (Wildman–Crippen MR) is 102 cm³/mol. The van der Waals surface area contributed by atoms with Crippen molar-refractivity contribution in [3.8, 4) is 11.5 Å². The van der Waals surface area contributed by atoms with Gasteiger partial charge in [-0.15, -0.1) is 0 Å². The van der Waals surface area contributed by atoms with E-state index in [1.807, 2.05) is 0 Å². The first-order valence-corrected chi connectivity index (χ1v) is 8.45. The molecule has 27 heavy (non-hydrogen) atoms. The van der Waals surface area contributed by atoms with Crippen LogP contribution < -0.4 is 5.32 Å². The number of rotatable bonds is 4. The van der Waals surface area contributed by atoms with Gasteiger partial charge in [-0.3, -0.25) is 4.79 Å². The Morgan fingerprint density at radius 3 is 2.33 bits per heavy atom. The monoisotopic (exact) mass is 385 g/mol. The van der Waals surface area contributed by atoms with E-state index in [2.05, 4.69) is 5.32 Å². The Hall–Kier alpha value is -3.25. The fraction of sp³-hybridized carbons (Fsp3) is 0.100. The zero-order valence-electron chi connectivity index (χ0n) is 14.3. The van der Waals surface area contributed by atoms with Gasteiger partial charge in [0, 0.05) is 21.5 Å². The van der Waals surface area contributed by atoms with Gasteiger partial charge in [0.05, 0.1) is 0 Å². The maximum atomic E-state index is 12.4. The van der Waals surface area contributed by atoms with Crippen LogP contribution in [-0.4, -0.2) is 28.2 Å². The fourth-order valence-electron chi connectivity index (χ4n) is 2.55. The minimum Gasteiger partial charge on any atom is -0.507 e. The molecule has 0 spiro atoms. The van der Waals surface area contributed by atoms with E-state index < -0.39 is 18.0 Å². The van der Waals surface area contributed by atoms with Crippen molar-refractivity contribution in [1.82, 2.24) is 0 Å². The van der Waals surface area contributed by atoms with Crippen molar-refractivity contribution in [2.75, 3.05) is 5.32 Å². The molecular formula is C20H16ClNO5. The van der Waals surface area contributed by atoms with Gasteiger partial charge >= 0.3 is 5.97 Å². The smallest absolute Gasteiger partial charge is 0.342 e. The van der Waals surface area contributed by atoms with E-state index in [4.69, 9.17) is 16.3 Å². The van der Waals surface area contributed by atoms with Crippen LogP contribution in [0.3, 0.4) is 0 Å². The first kappa shape index (κ1) is 18.5. The molecule has 6 nitrogen and oxygen atoms in total. The highest BCUT2D eigenvalue weighted by atomic mass is 35.5. The molecule has 3 N–H and O–H groups in total. The third-order valence-electron chi connectivity index (χ3n) is 3.98. The molecule has 0 aliphatic heterocycles. The van der Waals surface area contributed by atoms with Gasteiger partial charge in [0.1, 0.15) is 17.1 Å². The highest BCUT2D eigenvalue weighted by molar-refractivity contribution is 6.30. The number of fused-ring (bicyclic) bond motifs is 1. The second-order valence-electron chi connectivity index (χ2n) is 5.88. The average molecular weight is 386 g/mol. The van der Waals surface area contributed by atoms with E-state index in [1.54, 1.807) is 48.5 Å². The average Bonchev–Trinajstić information content (AvgIpc) is 2.66. The Morgan fingerprint density at radius 2 is 1.67 bits per heavy atom. The minimum absolute atomic E-state index is 0.173. The predicted octanol–water partition coefficient (Wildman–Crippen LogP) is 4.09. The lowest BCUT2D eigenvalue weighted by atomic mass is 10.0. The molecule has 0 aliphatic carbocycles. The Bertz CT molecular complexity index is 1020. The first-order chi connectivity index (χ1) is 12.9. The van der Waals surface area contributed by atoms with Gasteiger partial charge in [0.2, 0.25) is 0 Å². The number of nitrogens with one attached hydrogen (secondary N) is 1. The van der Waals surface area contributed by atoms with Crippen molar-refractivity contribution >= 4 is 39.9 Å². The number of hydrogen-bond donors (Lipinski definition) is 3. The quantitative estimate of drug-likeness (QED) is 0.464. The Balaban J connectivity index is 1.76. The topological polar surface area (TPSA) is 95.9 Å². The number of carbonyl (C=O) groups excluding carboxylic acids is 2. The molecule has 138 valence electrons. The van der Waals surface area contributed by atoms with E-state index >= 15 is 0 Å². The number of benzene rings is 3. The lowest BCUT2D eigenvalue weighted by Crippen LogP contribution is -2.30. The lowest BCUT2D eigenvalue weighted by Gasteiger charge is -2.15. The van der Waals surface area contributed by atoms with Crippen molar-refractivity contribution in [2.45, 2.75) is 13.0 Å². The normalized spacial score (nSPS) is 11.8. The molecular weight excluding hydrogens is 370 g/mol. The Labute approximate surface area is 160 Å². The summed E-state index contributed by atoms with van der Waals surface area (Å²) in [5.74, 6) is -1.96. The van der Waals surface area contributed by atoms with Crippen molar-refractivity contribution in [3.05, 3.63) is 65.2 Å². The van der Waals surface area contributed by atoms with Gasteiger partial charge in [0.25, 0.3) is 5.91 Å². The minimum atomic E-state index is -1.12. The van der Waals surface area contributed by atoms with Crippen LogP contribution in [0.2, 0.25) is 5.02 Å². The summed E-state index contributed by atoms with van der Waals surface area (Å²) in [5.41, 5.74) is 0.274. The Kier molecular flexibility index (Phi) is 5.19. The Morgan fingerprint density at radius 1 is 1.04 bits per heavy atom. The molecule has 0 fully saturated rings. The van der Waals surface area contributed by atoms with Gasteiger partial charge < -0.3 is 20.3 Å². The van der Waals surface area contributed by atoms with Crippen LogP contribution in [0, 0.1) is 0 Å². The number of phenolic OH excluding ortho intramolecular Hbond substituents is 2. The van der Waals surface area contributed by atoms with Crippen LogP contribution in [-0.2, 0) is 9.53 Å². The molecule has 1 amide bonds. The summed E-state index contributed by atoms with van der Waals surface area (Å²) in [5, 5.41) is 24.2. The second kappa shape index (κ2) is 7.55. The lowest BCUT2D eigenvalue weighted by molar-refractivity contribution is -0.123. The van der Waals surface area contributed by atoms with E-state index in [-0.39, 0.29) is 17.1 Å². The third-order valence-corrected chi connectivity index (χ3v) is 4.23. The molecule has 0 radical (unpaired) electrons. The van der Waals surface area contributed by atoms with E-state index in [0.29, 0.717) is 21.5 Å². The molecule has 3 aromatic rings. The van der Waals surface area contributed by atoms with E-state index in [9.17, 15) is 19.8 Å². The van der Waals surface area contributed by atoms with E-state index in [1.165, 1.54) is 6.92 Å². The molecule has 0 unspecified atom stereocenters.